The molecule has 0 saturated heterocycles. The van der Waals surface area contributed by atoms with E-state index in [0.29, 0.717) is 22.2 Å². The van der Waals surface area contributed by atoms with E-state index in [2.05, 4.69) is 10.5 Å². The molecule has 4 rings (SSSR count). The average Bonchev–Trinajstić information content (AvgIpc) is 3.21. The molecule has 0 unspecified atom stereocenters. The van der Waals surface area contributed by atoms with Gasteiger partial charge in [0.15, 0.2) is 12.4 Å². The van der Waals surface area contributed by atoms with Crippen LogP contribution >= 0.6 is 23.4 Å². The van der Waals surface area contributed by atoms with E-state index < -0.39 is 0 Å². The van der Waals surface area contributed by atoms with Crippen molar-refractivity contribution in [2.45, 2.75) is 16.7 Å². The van der Waals surface area contributed by atoms with Gasteiger partial charge in [-0.15, -0.1) is 0 Å². The molecule has 0 fully saturated rings. The van der Waals surface area contributed by atoms with Crippen molar-refractivity contribution in [2.75, 3.05) is 11.9 Å². The number of amides is 1. The molecule has 0 atom stereocenters. The molecule has 1 N–H and O–H groups in total. The molecule has 0 radical (unpaired) electrons. The summed E-state index contributed by atoms with van der Waals surface area (Å²) in [6.07, 6.45) is 0. The zero-order valence-corrected chi connectivity index (χ0v) is 18.2. The highest BCUT2D eigenvalue weighted by Gasteiger charge is 2.10. The highest BCUT2D eigenvalue weighted by atomic mass is 35.5. The number of fused-ring (bicyclic) bond motifs is 1. The standard InChI is InChI=1S/C24H19ClN2O3S/c1-16(22-14-17-6-2-4-8-21(17)30-22)27-29-15-24(28)26-20-7-3-5-9-23(20)31-19-12-10-18(25)11-13-19/h2-14H,15H2,1H3,(H,26,28)/b27-16-. The van der Waals surface area contributed by atoms with Crippen LogP contribution in [-0.4, -0.2) is 18.2 Å². The largest absolute Gasteiger partial charge is 0.455 e. The Bertz CT molecular complexity index is 1200. The number of hydrogen-bond donors (Lipinski definition) is 1. The van der Waals surface area contributed by atoms with Gasteiger partial charge in [0.2, 0.25) is 0 Å². The van der Waals surface area contributed by atoms with Crippen LogP contribution in [0.25, 0.3) is 11.0 Å². The van der Waals surface area contributed by atoms with Gasteiger partial charge in [-0.1, -0.05) is 58.9 Å². The number of rotatable bonds is 7. The van der Waals surface area contributed by atoms with Gasteiger partial charge in [-0.3, -0.25) is 4.79 Å². The quantitative estimate of drug-likeness (QED) is 0.254. The van der Waals surface area contributed by atoms with E-state index in [4.69, 9.17) is 20.9 Å². The second-order valence-corrected chi connectivity index (χ2v) is 8.25. The fourth-order valence-electron chi connectivity index (χ4n) is 2.87. The van der Waals surface area contributed by atoms with Crippen LogP contribution in [0.15, 0.2) is 98.2 Å². The van der Waals surface area contributed by atoms with Crippen LogP contribution in [-0.2, 0) is 9.63 Å². The van der Waals surface area contributed by atoms with Crippen molar-refractivity contribution in [2.24, 2.45) is 5.16 Å². The van der Waals surface area contributed by atoms with Crippen LogP contribution in [0.1, 0.15) is 12.7 Å². The molecule has 0 spiro atoms. The van der Waals surface area contributed by atoms with Gasteiger partial charge in [0.05, 0.1) is 5.69 Å². The third kappa shape index (κ3) is 5.48. The van der Waals surface area contributed by atoms with Gasteiger partial charge >= 0.3 is 0 Å². The number of anilines is 1. The van der Waals surface area contributed by atoms with Gasteiger partial charge in [-0.2, -0.15) is 0 Å². The van der Waals surface area contributed by atoms with Gasteiger partial charge in [0, 0.05) is 20.2 Å². The van der Waals surface area contributed by atoms with Crippen LogP contribution < -0.4 is 5.32 Å². The van der Waals surface area contributed by atoms with E-state index in [1.165, 1.54) is 11.8 Å². The lowest BCUT2D eigenvalue weighted by Gasteiger charge is -2.10. The summed E-state index contributed by atoms with van der Waals surface area (Å²) in [6.45, 7) is 1.56. The Kier molecular flexibility index (Phi) is 6.60. The van der Waals surface area contributed by atoms with E-state index in [1.54, 1.807) is 6.92 Å². The predicted molar refractivity (Wildman–Crippen MR) is 125 cm³/mol. The van der Waals surface area contributed by atoms with Crippen LogP contribution in [0.5, 0.6) is 0 Å². The topological polar surface area (TPSA) is 63.8 Å². The number of para-hydroxylation sites is 2. The van der Waals surface area contributed by atoms with Crippen LogP contribution in [0, 0.1) is 0 Å². The monoisotopic (exact) mass is 450 g/mol. The maximum atomic E-state index is 12.4. The molecule has 1 heterocycles. The average molecular weight is 451 g/mol. The second-order valence-electron chi connectivity index (χ2n) is 6.70. The Hall–Kier alpha value is -3.22. The summed E-state index contributed by atoms with van der Waals surface area (Å²) < 4.78 is 5.74. The number of oxime groups is 1. The number of carbonyl (C=O) groups excluding carboxylic acids is 1. The first-order valence-electron chi connectivity index (χ1n) is 9.56. The summed E-state index contributed by atoms with van der Waals surface area (Å²) in [5, 5.41) is 8.56. The lowest BCUT2D eigenvalue weighted by atomic mass is 10.2. The molecule has 5 nitrogen and oxygen atoms in total. The van der Waals surface area contributed by atoms with Gasteiger partial charge in [-0.25, -0.2) is 0 Å². The maximum absolute atomic E-state index is 12.4. The van der Waals surface area contributed by atoms with Crippen LogP contribution in [0.4, 0.5) is 5.69 Å². The van der Waals surface area contributed by atoms with E-state index in [1.807, 2.05) is 78.9 Å². The number of halogens is 1. The SMILES string of the molecule is C/C(=N/OCC(=O)Nc1ccccc1Sc1ccc(Cl)cc1)c1cc2ccccc2o1. The highest BCUT2D eigenvalue weighted by Crippen LogP contribution is 2.33. The van der Waals surface area contributed by atoms with Gasteiger partial charge in [-0.05, 0) is 55.5 Å². The Balaban J connectivity index is 1.36. The van der Waals surface area contributed by atoms with Crippen molar-refractivity contribution < 1.29 is 14.0 Å². The van der Waals surface area contributed by atoms with Crippen molar-refractivity contribution in [1.82, 2.24) is 0 Å². The summed E-state index contributed by atoms with van der Waals surface area (Å²) in [4.78, 5) is 19.5. The number of nitrogens with one attached hydrogen (secondary N) is 1. The third-order valence-electron chi connectivity index (χ3n) is 4.38. The zero-order valence-electron chi connectivity index (χ0n) is 16.7. The maximum Gasteiger partial charge on any atom is 0.265 e. The normalized spacial score (nSPS) is 11.5. The lowest BCUT2D eigenvalue weighted by Crippen LogP contribution is -2.17. The first-order valence-corrected chi connectivity index (χ1v) is 10.8. The molecule has 0 aliphatic carbocycles. The molecule has 31 heavy (non-hydrogen) atoms. The Morgan fingerprint density at radius 2 is 1.81 bits per heavy atom. The minimum atomic E-state index is -0.301. The Morgan fingerprint density at radius 1 is 1.06 bits per heavy atom. The van der Waals surface area contributed by atoms with E-state index in [9.17, 15) is 4.79 Å². The number of nitrogens with zero attached hydrogens (tertiary/aromatic N) is 1. The van der Waals surface area contributed by atoms with Crippen molar-refractivity contribution in [1.29, 1.82) is 0 Å². The minimum absolute atomic E-state index is 0.211. The molecule has 3 aromatic carbocycles. The van der Waals surface area contributed by atoms with Crippen LogP contribution in [0.2, 0.25) is 5.02 Å². The zero-order chi connectivity index (χ0) is 21.6. The highest BCUT2D eigenvalue weighted by molar-refractivity contribution is 7.99. The number of furan rings is 1. The van der Waals surface area contributed by atoms with E-state index in [0.717, 1.165) is 20.8 Å². The van der Waals surface area contributed by atoms with E-state index in [-0.39, 0.29) is 12.5 Å². The molecule has 0 bridgehead atoms. The van der Waals surface area contributed by atoms with Crippen molar-refractivity contribution in [3.8, 4) is 0 Å². The summed E-state index contributed by atoms with van der Waals surface area (Å²) in [5.41, 5.74) is 2.04. The molecular weight excluding hydrogens is 432 g/mol. The molecule has 7 heteroatoms. The number of hydrogen-bond acceptors (Lipinski definition) is 5. The van der Waals surface area contributed by atoms with Crippen molar-refractivity contribution in [3.05, 3.63) is 89.6 Å². The number of benzene rings is 3. The number of carbonyl (C=O) groups is 1. The van der Waals surface area contributed by atoms with E-state index >= 15 is 0 Å². The fraction of sp³-hybridized carbons (Fsp3) is 0.0833. The molecule has 0 aliphatic rings. The lowest BCUT2D eigenvalue weighted by molar-refractivity contribution is -0.120. The first-order chi connectivity index (χ1) is 15.1. The molecule has 0 saturated carbocycles. The molecule has 156 valence electrons. The molecule has 4 aromatic rings. The Labute approximate surface area is 189 Å². The van der Waals surface area contributed by atoms with Crippen molar-refractivity contribution in [3.63, 3.8) is 0 Å². The summed E-state index contributed by atoms with van der Waals surface area (Å²) >= 11 is 7.49. The summed E-state index contributed by atoms with van der Waals surface area (Å²) in [5.74, 6) is 0.302. The molecular formula is C24H19ClN2O3S. The van der Waals surface area contributed by atoms with Crippen molar-refractivity contribution >= 4 is 51.6 Å². The third-order valence-corrected chi connectivity index (χ3v) is 5.72. The summed E-state index contributed by atoms with van der Waals surface area (Å²) in [7, 11) is 0. The molecule has 0 aliphatic heterocycles. The minimum Gasteiger partial charge on any atom is -0.455 e. The Morgan fingerprint density at radius 3 is 2.61 bits per heavy atom. The molecule has 1 amide bonds. The van der Waals surface area contributed by atoms with Crippen LogP contribution in [0.3, 0.4) is 0 Å². The van der Waals surface area contributed by atoms with Gasteiger partial charge in [0.25, 0.3) is 5.91 Å². The van der Waals surface area contributed by atoms with Gasteiger partial charge in [0.1, 0.15) is 11.3 Å². The summed E-state index contributed by atoms with van der Waals surface area (Å²) in [6, 6.07) is 24.7. The smallest absolute Gasteiger partial charge is 0.265 e. The molecule has 1 aromatic heterocycles. The first kappa shape index (κ1) is 21.0. The predicted octanol–water partition coefficient (Wildman–Crippen LogP) is 6.62. The fourth-order valence-corrected chi connectivity index (χ4v) is 3.90. The second kappa shape index (κ2) is 9.73. The van der Waals surface area contributed by atoms with Gasteiger partial charge < -0.3 is 14.6 Å².